The van der Waals surface area contributed by atoms with Crippen molar-refractivity contribution in [3.05, 3.63) is 136 Å². The molecule has 4 atom stereocenters. The maximum absolute atomic E-state index is 12.5. The van der Waals surface area contributed by atoms with Crippen LogP contribution >= 0.6 is 0 Å². The molecule has 0 bridgehead atoms. The SMILES string of the molecule is CC1(C)O[C@@H]2[C@H](O1)[C@@H](COC(c1ccccc1)(c1ccccc1)c1ccccc1)O[C@H]2c1cn[nH]c1C(=O)N=[N+]=[N-]. The summed E-state index contributed by atoms with van der Waals surface area (Å²) >= 11 is 0. The Morgan fingerprint density at radius 1 is 0.951 bits per heavy atom. The summed E-state index contributed by atoms with van der Waals surface area (Å²) in [4.78, 5) is 15.1. The van der Waals surface area contributed by atoms with Gasteiger partial charge in [0.25, 0.3) is 5.91 Å². The molecule has 0 unspecified atom stereocenters. The van der Waals surface area contributed by atoms with Crippen LogP contribution in [0.2, 0.25) is 0 Å². The number of nitrogens with zero attached hydrogens (tertiary/aromatic N) is 4. The number of benzene rings is 3. The van der Waals surface area contributed by atoms with Crippen molar-refractivity contribution in [1.82, 2.24) is 10.2 Å². The monoisotopic (exact) mass is 551 g/mol. The molecule has 2 aliphatic rings. The fourth-order valence-corrected chi connectivity index (χ4v) is 5.82. The van der Waals surface area contributed by atoms with Gasteiger partial charge in [0.2, 0.25) is 0 Å². The number of carbonyl (C=O) groups is 1. The van der Waals surface area contributed by atoms with Crippen LogP contribution in [0.5, 0.6) is 0 Å². The molecular weight excluding hydrogens is 522 g/mol. The van der Waals surface area contributed by atoms with E-state index in [0.717, 1.165) is 16.7 Å². The van der Waals surface area contributed by atoms with E-state index in [0.29, 0.717) is 5.56 Å². The summed E-state index contributed by atoms with van der Waals surface area (Å²) in [7, 11) is 0. The summed E-state index contributed by atoms with van der Waals surface area (Å²) in [6, 6.07) is 30.2. The Kier molecular flexibility index (Phi) is 7.17. The highest BCUT2D eigenvalue weighted by Gasteiger charge is 2.57. The highest BCUT2D eigenvalue weighted by Crippen LogP contribution is 2.47. The van der Waals surface area contributed by atoms with Crippen molar-refractivity contribution in [2.75, 3.05) is 6.61 Å². The Morgan fingerprint density at radius 3 is 2.02 bits per heavy atom. The minimum absolute atomic E-state index is 0.0497. The van der Waals surface area contributed by atoms with Gasteiger partial charge in [-0.25, -0.2) is 0 Å². The smallest absolute Gasteiger partial charge is 0.267 e. The first-order valence-corrected chi connectivity index (χ1v) is 13.4. The number of amides is 1. The molecular formula is C31H29N5O5. The van der Waals surface area contributed by atoms with E-state index in [-0.39, 0.29) is 12.3 Å². The number of azide groups is 1. The molecule has 208 valence electrons. The van der Waals surface area contributed by atoms with Crippen LogP contribution < -0.4 is 0 Å². The third-order valence-corrected chi connectivity index (χ3v) is 7.48. The molecule has 10 nitrogen and oxygen atoms in total. The lowest BCUT2D eigenvalue weighted by atomic mass is 9.80. The summed E-state index contributed by atoms with van der Waals surface area (Å²) in [5.41, 5.74) is 11.2. The van der Waals surface area contributed by atoms with Crippen molar-refractivity contribution >= 4 is 5.91 Å². The van der Waals surface area contributed by atoms with E-state index in [9.17, 15) is 4.79 Å². The zero-order valence-electron chi connectivity index (χ0n) is 22.6. The molecule has 3 heterocycles. The molecule has 4 aromatic rings. The van der Waals surface area contributed by atoms with E-state index in [4.69, 9.17) is 24.5 Å². The number of hydrogen-bond donors (Lipinski definition) is 1. The number of carbonyl (C=O) groups excluding carboxylic acids is 1. The molecule has 1 aromatic heterocycles. The molecule has 41 heavy (non-hydrogen) atoms. The van der Waals surface area contributed by atoms with E-state index in [2.05, 4.69) is 56.6 Å². The van der Waals surface area contributed by atoms with Crippen molar-refractivity contribution in [2.24, 2.45) is 5.11 Å². The standard InChI is InChI=1S/C31H29N5O5/c1-30(2)40-27-24(39-26(28(27)41-30)23-18-33-34-25(23)29(37)35-36-32)19-38-31(20-12-6-3-7-13-20,21-14-8-4-9-15-21)22-16-10-5-11-17-22/h3-18,24,26-28H,19H2,1-2H3,(H,33,34)/t24-,26+,27-,28+/m1/s1. The summed E-state index contributed by atoms with van der Waals surface area (Å²) in [6.45, 7) is 3.82. The lowest BCUT2D eigenvalue weighted by Gasteiger charge is -2.37. The Balaban J connectivity index is 1.39. The van der Waals surface area contributed by atoms with Gasteiger partial charge in [0, 0.05) is 10.5 Å². The van der Waals surface area contributed by atoms with E-state index >= 15 is 0 Å². The van der Waals surface area contributed by atoms with Crippen LogP contribution in [0.15, 0.2) is 102 Å². The summed E-state index contributed by atoms with van der Waals surface area (Å²) in [5, 5.41) is 9.86. The van der Waals surface area contributed by atoms with Gasteiger partial charge >= 0.3 is 0 Å². The molecule has 0 radical (unpaired) electrons. The Bertz CT molecular complexity index is 1460. The number of rotatable bonds is 8. The van der Waals surface area contributed by atoms with Crippen LogP contribution in [0.25, 0.3) is 10.4 Å². The maximum Gasteiger partial charge on any atom is 0.267 e. The molecule has 3 aromatic carbocycles. The molecule has 1 amide bonds. The van der Waals surface area contributed by atoms with Crippen molar-refractivity contribution in [2.45, 2.75) is 49.7 Å². The highest BCUT2D eigenvalue weighted by atomic mass is 16.8. The van der Waals surface area contributed by atoms with Crippen molar-refractivity contribution in [3.8, 4) is 0 Å². The normalized spacial score (nSPS) is 23.1. The molecule has 6 rings (SSSR count). The second-order valence-corrected chi connectivity index (χ2v) is 10.4. The first-order chi connectivity index (χ1) is 19.9. The van der Waals surface area contributed by atoms with Gasteiger partial charge in [0.1, 0.15) is 35.7 Å². The van der Waals surface area contributed by atoms with Crippen molar-refractivity contribution in [3.63, 3.8) is 0 Å². The number of aromatic nitrogens is 2. The first-order valence-electron chi connectivity index (χ1n) is 13.4. The largest absolute Gasteiger partial charge is 0.362 e. The molecule has 0 aliphatic carbocycles. The fraction of sp³-hybridized carbons (Fsp3) is 0.290. The lowest BCUT2D eigenvalue weighted by Crippen LogP contribution is -2.39. The maximum atomic E-state index is 12.5. The topological polar surface area (TPSA) is 131 Å². The predicted octanol–water partition coefficient (Wildman–Crippen LogP) is 5.83. The van der Waals surface area contributed by atoms with Crippen LogP contribution in [0.3, 0.4) is 0 Å². The lowest BCUT2D eigenvalue weighted by molar-refractivity contribution is -0.196. The van der Waals surface area contributed by atoms with E-state index in [1.165, 1.54) is 6.20 Å². The van der Waals surface area contributed by atoms with Gasteiger partial charge in [-0.2, -0.15) is 5.10 Å². The molecule has 10 heteroatoms. The van der Waals surface area contributed by atoms with Crippen LogP contribution in [-0.4, -0.2) is 46.8 Å². The number of H-pyrrole nitrogens is 1. The third kappa shape index (κ3) is 4.93. The second-order valence-electron chi connectivity index (χ2n) is 10.4. The van der Waals surface area contributed by atoms with Crippen molar-refractivity contribution < 1.29 is 23.7 Å². The molecule has 2 aliphatic heterocycles. The van der Waals surface area contributed by atoms with Gasteiger partial charge in [0.15, 0.2) is 5.79 Å². The fourth-order valence-electron chi connectivity index (χ4n) is 5.82. The third-order valence-electron chi connectivity index (χ3n) is 7.48. The van der Waals surface area contributed by atoms with Gasteiger partial charge in [0.05, 0.1) is 12.8 Å². The molecule has 0 saturated carbocycles. The van der Waals surface area contributed by atoms with E-state index in [1.54, 1.807) is 0 Å². The second kappa shape index (κ2) is 10.9. The van der Waals surface area contributed by atoms with E-state index < -0.39 is 41.7 Å². The average Bonchev–Trinajstić information content (AvgIpc) is 3.69. The Hall–Kier alpha value is -4.31. The quantitative estimate of drug-likeness (QED) is 0.127. The number of aromatic amines is 1. The van der Waals surface area contributed by atoms with Gasteiger partial charge < -0.3 is 18.9 Å². The molecule has 0 spiro atoms. The van der Waals surface area contributed by atoms with Crippen LogP contribution in [-0.2, 0) is 24.5 Å². The number of nitrogens with one attached hydrogen (secondary N) is 1. The zero-order chi connectivity index (χ0) is 28.5. The van der Waals surface area contributed by atoms with Crippen LogP contribution in [0, 0.1) is 0 Å². The highest BCUT2D eigenvalue weighted by molar-refractivity contribution is 5.94. The molecule has 2 fully saturated rings. The minimum Gasteiger partial charge on any atom is -0.362 e. The van der Waals surface area contributed by atoms with E-state index in [1.807, 2.05) is 68.4 Å². The predicted molar refractivity (Wildman–Crippen MR) is 149 cm³/mol. The Morgan fingerprint density at radius 2 is 1.49 bits per heavy atom. The van der Waals surface area contributed by atoms with Gasteiger partial charge in [-0.3, -0.25) is 9.89 Å². The average molecular weight is 552 g/mol. The summed E-state index contributed by atoms with van der Waals surface area (Å²) in [6.07, 6.45) is -0.816. The van der Waals surface area contributed by atoms with Gasteiger partial charge in [-0.05, 0) is 41.2 Å². The number of fused-ring (bicyclic) bond motifs is 1. The first kappa shape index (κ1) is 26.9. The summed E-state index contributed by atoms with van der Waals surface area (Å²) < 4.78 is 26.1. The summed E-state index contributed by atoms with van der Waals surface area (Å²) in [5.74, 6) is -1.67. The van der Waals surface area contributed by atoms with Crippen molar-refractivity contribution in [1.29, 1.82) is 0 Å². The number of hydrogen-bond acceptors (Lipinski definition) is 6. The minimum atomic E-state index is -0.950. The molecule has 1 N–H and O–H groups in total. The zero-order valence-corrected chi connectivity index (χ0v) is 22.6. The number of ether oxygens (including phenoxy) is 4. The van der Waals surface area contributed by atoms with Gasteiger partial charge in [-0.1, -0.05) is 91.0 Å². The van der Waals surface area contributed by atoms with Gasteiger partial charge in [-0.15, -0.1) is 0 Å². The van der Waals surface area contributed by atoms with Crippen LogP contribution in [0.1, 0.15) is 52.7 Å². The Labute approximate surface area is 236 Å². The molecule has 2 saturated heterocycles. The van der Waals surface area contributed by atoms with Crippen LogP contribution in [0.4, 0.5) is 0 Å².